The third-order valence-corrected chi connectivity index (χ3v) is 2.19. The molecule has 0 amide bonds. The molecule has 1 fully saturated rings. The van der Waals surface area contributed by atoms with Crippen LogP contribution in [-0.2, 0) is 4.74 Å². The van der Waals surface area contributed by atoms with Crippen molar-refractivity contribution in [3.8, 4) is 0 Å². The van der Waals surface area contributed by atoms with Gasteiger partial charge >= 0.3 is 6.18 Å². The summed E-state index contributed by atoms with van der Waals surface area (Å²) in [5.74, 6) is 0. The molecule has 8 heteroatoms. The third-order valence-electron chi connectivity index (χ3n) is 2.19. The van der Waals surface area contributed by atoms with Gasteiger partial charge in [-0.25, -0.2) is 0 Å². The molecule has 0 saturated carbocycles. The number of hydrogen-bond acceptors (Lipinski definition) is 4. The van der Waals surface area contributed by atoms with Gasteiger partial charge in [-0.3, -0.25) is 0 Å². The molecule has 0 aromatic heterocycles. The molecule has 4 atom stereocenters. The number of hydrogen-bond donors (Lipinski definition) is 3. The third kappa shape index (κ3) is 1.42. The first-order chi connectivity index (χ1) is 6.25. The lowest BCUT2D eigenvalue weighted by molar-refractivity contribution is -0.284. The van der Waals surface area contributed by atoms with Crippen LogP contribution < -0.4 is 0 Å². The van der Waals surface area contributed by atoms with E-state index in [9.17, 15) is 13.2 Å². The van der Waals surface area contributed by atoms with Crippen LogP contribution in [0.5, 0.6) is 0 Å². The number of halogens is 3. The van der Waals surface area contributed by atoms with Gasteiger partial charge in [0.25, 0.3) is 0 Å². The second-order valence-electron chi connectivity index (χ2n) is 3.05. The van der Waals surface area contributed by atoms with Crippen LogP contribution in [0.2, 0.25) is 0 Å². The Morgan fingerprint density at radius 2 is 1.93 bits per heavy atom. The maximum atomic E-state index is 12.3. The number of ether oxygens (including phenoxy) is 1. The standard InChI is InChI=1S/C6H8BF3O4/c7-4-5(13,6(8,9)10)3(12)2(1-11)14-4/h2-4,11-13H,1H2/t2-,3-,4?,5-/m1/s1. The predicted octanol–water partition coefficient (Wildman–Crippen LogP) is -1.47. The summed E-state index contributed by atoms with van der Waals surface area (Å²) in [4.78, 5) is 0. The highest BCUT2D eigenvalue weighted by molar-refractivity contribution is 6.12. The van der Waals surface area contributed by atoms with Crippen molar-refractivity contribution in [3.05, 3.63) is 0 Å². The summed E-state index contributed by atoms with van der Waals surface area (Å²) < 4.78 is 41.3. The Balaban J connectivity index is 2.99. The van der Waals surface area contributed by atoms with Gasteiger partial charge in [-0.15, -0.1) is 0 Å². The summed E-state index contributed by atoms with van der Waals surface area (Å²) in [6, 6.07) is -2.10. The molecule has 2 radical (unpaired) electrons. The first kappa shape index (κ1) is 11.8. The predicted molar refractivity (Wildman–Crippen MR) is 38.5 cm³/mol. The zero-order valence-electron chi connectivity index (χ0n) is 6.90. The van der Waals surface area contributed by atoms with Gasteiger partial charge in [-0.05, 0) is 0 Å². The Labute approximate surface area is 78.7 Å². The SMILES string of the molecule is [B]C1O[C@H](CO)[C@@H](O)[C@]1(O)C(F)(F)F. The lowest BCUT2D eigenvalue weighted by atomic mass is 9.80. The van der Waals surface area contributed by atoms with Crippen LogP contribution in [0, 0.1) is 0 Å². The molecule has 0 bridgehead atoms. The van der Waals surface area contributed by atoms with Crippen LogP contribution >= 0.6 is 0 Å². The van der Waals surface area contributed by atoms with Crippen molar-refractivity contribution in [1.29, 1.82) is 0 Å². The fraction of sp³-hybridized carbons (Fsp3) is 1.00. The Morgan fingerprint density at radius 1 is 1.43 bits per heavy atom. The second kappa shape index (κ2) is 3.37. The molecule has 1 heterocycles. The van der Waals surface area contributed by atoms with E-state index in [1.807, 2.05) is 0 Å². The average Bonchev–Trinajstić information content (AvgIpc) is 2.29. The molecule has 1 unspecified atom stereocenters. The molecule has 0 aromatic rings. The quantitative estimate of drug-likeness (QED) is 0.464. The Bertz CT molecular complexity index is 224. The minimum atomic E-state index is -5.12. The van der Waals surface area contributed by atoms with Crippen molar-refractivity contribution >= 4 is 7.85 Å². The van der Waals surface area contributed by atoms with Gasteiger partial charge in [0.15, 0.2) is 0 Å². The van der Waals surface area contributed by atoms with Gasteiger partial charge in [0, 0.05) is 0 Å². The van der Waals surface area contributed by atoms with Crippen LogP contribution in [0.25, 0.3) is 0 Å². The summed E-state index contributed by atoms with van der Waals surface area (Å²) in [5.41, 5.74) is -3.53. The second-order valence-corrected chi connectivity index (χ2v) is 3.05. The highest BCUT2D eigenvalue weighted by Crippen LogP contribution is 2.42. The lowest BCUT2D eigenvalue weighted by Gasteiger charge is -2.31. The number of alkyl halides is 3. The summed E-state index contributed by atoms with van der Waals surface area (Å²) >= 11 is 0. The molecule has 4 nitrogen and oxygen atoms in total. The zero-order chi connectivity index (χ0) is 11.1. The molecule has 0 aliphatic carbocycles. The molecule has 0 aromatic carbocycles. The summed E-state index contributed by atoms with van der Waals surface area (Å²) in [7, 11) is 4.89. The largest absolute Gasteiger partial charge is 0.421 e. The van der Waals surface area contributed by atoms with Gasteiger partial charge < -0.3 is 20.1 Å². The van der Waals surface area contributed by atoms with Crippen LogP contribution in [0.4, 0.5) is 13.2 Å². The first-order valence-corrected chi connectivity index (χ1v) is 3.74. The van der Waals surface area contributed by atoms with Crippen molar-refractivity contribution < 1.29 is 33.2 Å². The smallest absolute Gasteiger partial charge is 0.394 e. The van der Waals surface area contributed by atoms with Crippen molar-refractivity contribution in [2.24, 2.45) is 0 Å². The molecule has 1 aliphatic rings. The van der Waals surface area contributed by atoms with Crippen molar-refractivity contribution in [3.63, 3.8) is 0 Å². The van der Waals surface area contributed by atoms with E-state index in [4.69, 9.17) is 23.2 Å². The zero-order valence-corrected chi connectivity index (χ0v) is 6.90. The molecule has 3 N–H and O–H groups in total. The maximum Gasteiger partial charge on any atom is 0.421 e. The minimum absolute atomic E-state index is 0.854. The number of aliphatic hydroxyl groups excluding tert-OH is 2. The molecule has 80 valence electrons. The van der Waals surface area contributed by atoms with Crippen molar-refractivity contribution in [1.82, 2.24) is 0 Å². The van der Waals surface area contributed by atoms with E-state index in [0.29, 0.717) is 0 Å². The highest BCUT2D eigenvalue weighted by atomic mass is 19.4. The van der Waals surface area contributed by atoms with Crippen LogP contribution in [0.15, 0.2) is 0 Å². The van der Waals surface area contributed by atoms with Gasteiger partial charge in [-0.2, -0.15) is 13.2 Å². The molecular formula is C6H8BF3O4. The van der Waals surface area contributed by atoms with E-state index in [-0.39, 0.29) is 0 Å². The molecule has 1 saturated heterocycles. The van der Waals surface area contributed by atoms with Crippen LogP contribution in [0.3, 0.4) is 0 Å². The normalized spacial score (nSPS) is 44.3. The average molecular weight is 212 g/mol. The Morgan fingerprint density at radius 3 is 2.14 bits per heavy atom. The van der Waals surface area contributed by atoms with E-state index in [1.54, 1.807) is 0 Å². The van der Waals surface area contributed by atoms with Gasteiger partial charge in [0.2, 0.25) is 5.60 Å². The van der Waals surface area contributed by atoms with E-state index >= 15 is 0 Å². The summed E-state index contributed by atoms with van der Waals surface area (Å²) in [5, 5.41) is 26.7. The van der Waals surface area contributed by atoms with Gasteiger partial charge in [0.1, 0.15) is 20.1 Å². The maximum absolute atomic E-state index is 12.3. The van der Waals surface area contributed by atoms with Crippen molar-refractivity contribution in [2.75, 3.05) is 6.61 Å². The molecule has 1 aliphatic heterocycles. The topological polar surface area (TPSA) is 69.9 Å². The monoisotopic (exact) mass is 212 g/mol. The fourth-order valence-electron chi connectivity index (χ4n) is 1.29. The summed E-state index contributed by atoms with van der Waals surface area (Å²) in [6.07, 6.45) is -8.94. The van der Waals surface area contributed by atoms with Crippen LogP contribution in [0.1, 0.15) is 0 Å². The number of aliphatic hydroxyl groups is 3. The van der Waals surface area contributed by atoms with E-state index in [2.05, 4.69) is 4.74 Å². The molecule has 0 spiro atoms. The first-order valence-electron chi connectivity index (χ1n) is 3.74. The Kier molecular flexibility index (Phi) is 2.83. The highest BCUT2D eigenvalue weighted by Gasteiger charge is 2.67. The van der Waals surface area contributed by atoms with E-state index in [0.717, 1.165) is 0 Å². The lowest BCUT2D eigenvalue weighted by Crippen LogP contribution is -2.59. The van der Waals surface area contributed by atoms with E-state index in [1.165, 1.54) is 0 Å². The van der Waals surface area contributed by atoms with Gasteiger partial charge in [-0.1, -0.05) is 0 Å². The fourth-order valence-corrected chi connectivity index (χ4v) is 1.29. The molecular weight excluding hydrogens is 204 g/mol. The molecule has 14 heavy (non-hydrogen) atoms. The summed E-state index contributed by atoms with van der Waals surface area (Å²) in [6.45, 7) is -0.854. The number of rotatable bonds is 1. The Hall–Kier alpha value is -0.305. The van der Waals surface area contributed by atoms with Gasteiger partial charge in [0.05, 0.1) is 12.6 Å². The van der Waals surface area contributed by atoms with Crippen molar-refractivity contribution in [2.45, 2.75) is 30.0 Å². The molecule has 1 rings (SSSR count). The van der Waals surface area contributed by atoms with E-state index < -0.39 is 36.6 Å². The minimum Gasteiger partial charge on any atom is -0.394 e. The van der Waals surface area contributed by atoms with Crippen LogP contribution in [-0.4, -0.2) is 59.8 Å².